The number of hydrogen-bond donors (Lipinski definition) is 2. The number of hydrogen-bond acceptors (Lipinski definition) is 5. The van der Waals surface area contributed by atoms with Crippen LogP contribution in [0, 0.1) is 0 Å². The van der Waals surface area contributed by atoms with Gasteiger partial charge in [-0.1, -0.05) is 90.4 Å². The zero-order valence-corrected chi connectivity index (χ0v) is 25.1. The summed E-state index contributed by atoms with van der Waals surface area (Å²) in [6.07, 6.45) is 18.9. The first-order valence-electron chi connectivity index (χ1n) is 13.8. The minimum atomic E-state index is -4.12. The summed E-state index contributed by atoms with van der Waals surface area (Å²) < 4.78 is 22.9. The van der Waals surface area contributed by atoms with E-state index in [9.17, 15) is 14.3 Å². The Bertz CT molecular complexity index is 560. The predicted octanol–water partition coefficient (Wildman–Crippen LogP) is 6.55. The molecule has 0 aromatic heterocycles. The van der Waals surface area contributed by atoms with E-state index < -0.39 is 7.82 Å². The third-order valence-electron chi connectivity index (χ3n) is 5.82. The second-order valence-corrected chi connectivity index (χ2v) is 13.3. The van der Waals surface area contributed by atoms with Gasteiger partial charge in [0.15, 0.2) is 0 Å². The van der Waals surface area contributed by atoms with Gasteiger partial charge in [0.05, 0.1) is 33.8 Å². The minimum absolute atomic E-state index is 0.0382. The smallest absolute Gasteiger partial charge is 0.350 e. The van der Waals surface area contributed by atoms with Crippen molar-refractivity contribution >= 4 is 25.5 Å². The number of quaternary nitrogens is 1. The number of unbranched alkanes of at least 4 members (excludes halogenated alkanes) is 13. The topological polar surface area (TPSA) is 84.9 Å². The maximum atomic E-state index is 12.1. The van der Waals surface area contributed by atoms with Gasteiger partial charge in [-0.05, 0) is 12.2 Å². The summed E-state index contributed by atoms with van der Waals surface area (Å²) in [5, 5.41) is 2.81. The van der Waals surface area contributed by atoms with E-state index in [4.69, 9.17) is 9.05 Å². The van der Waals surface area contributed by atoms with Crippen molar-refractivity contribution in [3.63, 3.8) is 0 Å². The second-order valence-electron chi connectivity index (χ2n) is 10.7. The molecular formula is C26H56N2O5PS+. The number of rotatable bonds is 25. The fourth-order valence-electron chi connectivity index (χ4n) is 3.69. The van der Waals surface area contributed by atoms with Crippen LogP contribution >= 0.6 is 19.6 Å². The summed E-state index contributed by atoms with van der Waals surface area (Å²) in [6.45, 7) is 4.41. The summed E-state index contributed by atoms with van der Waals surface area (Å²) in [6, 6.07) is -0.313. The van der Waals surface area contributed by atoms with Gasteiger partial charge in [-0.2, -0.15) is 11.8 Å². The average Bonchev–Trinajstić information content (AvgIpc) is 2.75. The Kier molecular flexibility index (Phi) is 21.9. The maximum absolute atomic E-state index is 12.1. The lowest BCUT2D eigenvalue weighted by Gasteiger charge is -2.24. The highest BCUT2D eigenvalue weighted by Gasteiger charge is 2.24. The van der Waals surface area contributed by atoms with Gasteiger partial charge in [0, 0.05) is 12.7 Å². The number of amides is 1. The summed E-state index contributed by atoms with van der Waals surface area (Å²) in [4.78, 5) is 21.4. The molecule has 210 valence electrons. The Morgan fingerprint density at radius 2 is 1.37 bits per heavy atom. The van der Waals surface area contributed by atoms with Gasteiger partial charge in [-0.15, -0.1) is 0 Å². The molecular weight excluding hydrogens is 483 g/mol. The predicted molar refractivity (Wildman–Crippen MR) is 150 cm³/mol. The molecule has 0 spiro atoms. The lowest BCUT2D eigenvalue weighted by Crippen LogP contribution is -2.39. The highest BCUT2D eigenvalue weighted by atomic mass is 32.2. The molecule has 0 heterocycles. The Morgan fingerprint density at radius 3 is 1.83 bits per heavy atom. The highest BCUT2D eigenvalue weighted by molar-refractivity contribution is 7.99. The average molecular weight is 540 g/mol. The molecule has 35 heavy (non-hydrogen) atoms. The molecule has 0 aliphatic rings. The molecule has 9 heteroatoms. The summed E-state index contributed by atoms with van der Waals surface area (Å²) >= 11 is 1.75. The first-order chi connectivity index (χ1) is 16.6. The molecule has 0 aromatic carbocycles. The van der Waals surface area contributed by atoms with E-state index in [1.807, 2.05) is 21.1 Å². The Morgan fingerprint density at radius 1 is 0.886 bits per heavy atom. The zero-order valence-electron chi connectivity index (χ0n) is 23.4. The van der Waals surface area contributed by atoms with E-state index in [1.165, 1.54) is 90.4 Å². The standard InChI is InChI=1S/C26H55N2O5PS/c1-6-7-8-9-10-11-12-13-14-15-16-17-18-19-22-35-24-26(27-25(2)29)23-33-34(30,31)32-21-20-28(3,4)5/h26H,6-24H2,1-5H3,(H-,27,29,30,31)/p+1/t26-/m0/s1. The Balaban J connectivity index is 3.77. The number of thioether (sulfide) groups is 1. The number of carbonyl (C=O) groups excluding carboxylic acids is 1. The first kappa shape index (κ1) is 34.9. The van der Waals surface area contributed by atoms with Crippen molar-refractivity contribution in [2.24, 2.45) is 0 Å². The maximum Gasteiger partial charge on any atom is 0.472 e. The van der Waals surface area contributed by atoms with Crippen molar-refractivity contribution in [1.29, 1.82) is 0 Å². The molecule has 0 rings (SSSR count). The molecule has 0 radical (unpaired) electrons. The summed E-state index contributed by atoms with van der Waals surface area (Å²) in [5.41, 5.74) is 0. The van der Waals surface area contributed by atoms with Gasteiger partial charge in [-0.3, -0.25) is 13.8 Å². The number of carbonyl (C=O) groups is 1. The van der Waals surface area contributed by atoms with Crippen LogP contribution in [0.4, 0.5) is 0 Å². The van der Waals surface area contributed by atoms with Crippen LogP contribution in [0.5, 0.6) is 0 Å². The molecule has 1 unspecified atom stereocenters. The van der Waals surface area contributed by atoms with Crippen molar-refractivity contribution in [3.05, 3.63) is 0 Å². The van der Waals surface area contributed by atoms with Gasteiger partial charge in [-0.25, -0.2) is 4.57 Å². The quantitative estimate of drug-likeness (QED) is 0.0778. The lowest BCUT2D eigenvalue weighted by atomic mass is 10.0. The summed E-state index contributed by atoms with van der Waals surface area (Å²) in [7, 11) is 1.82. The normalized spacial score (nSPS) is 14.6. The van der Waals surface area contributed by atoms with Crippen molar-refractivity contribution in [1.82, 2.24) is 5.32 Å². The lowest BCUT2D eigenvalue weighted by molar-refractivity contribution is -0.870. The van der Waals surface area contributed by atoms with Crippen LogP contribution in [0.2, 0.25) is 0 Å². The van der Waals surface area contributed by atoms with Gasteiger partial charge in [0.2, 0.25) is 5.91 Å². The van der Waals surface area contributed by atoms with Gasteiger partial charge in [0.1, 0.15) is 13.2 Å². The van der Waals surface area contributed by atoms with Crippen LogP contribution in [-0.4, -0.2) is 73.7 Å². The van der Waals surface area contributed by atoms with Crippen molar-refractivity contribution < 1.29 is 27.8 Å². The van der Waals surface area contributed by atoms with Crippen LogP contribution in [0.3, 0.4) is 0 Å². The molecule has 2 N–H and O–H groups in total. The molecule has 0 saturated heterocycles. The molecule has 2 atom stereocenters. The number of likely N-dealkylation sites (N-methyl/N-ethyl adjacent to an activating group) is 1. The van der Waals surface area contributed by atoms with Crippen LogP contribution in [0.15, 0.2) is 0 Å². The monoisotopic (exact) mass is 539 g/mol. The van der Waals surface area contributed by atoms with E-state index in [1.54, 1.807) is 11.8 Å². The second kappa shape index (κ2) is 21.9. The van der Waals surface area contributed by atoms with Gasteiger partial charge < -0.3 is 14.7 Å². The van der Waals surface area contributed by atoms with Crippen molar-refractivity contribution in [2.45, 2.75) is 110 Å². The Labute approximate surface area is 220 Å². The third-order valence-corrected chi connectivity index (χ3v) is 8.02. The van der Waals surface area contributed by atoms with Gasteiger partial charge >= 0.3 is 7.82 Å². The molecule has 0 bridgehead atoms. The van der Waals surface area contributed by atoms with Crippen molar-refractivity contribution in [2.75, 3.05) is 52.4 Å². The number of phosphoric ester groups is 1. The molecule has 0 saturated carbocycles. The molecule has 1 amide bonds. The molecule has 7 nitrogen and oxygen atoms in total. The number of nitrogens with one attached hydrogen (secondary N) is 1. The summed E-state index contributed by atoms with van der Waals surface area (Å²) in [5.74, 6) is 1.50. The van der Waals surface area contributed by atoms with Crippen LogP contribution in [0.25, 0.3) is 0 Å². The number of phosphoric acid groups is 1. The number of nitrogens with zero attached hydrogens (tertiary/aromatic N) is 1. The fraction of sp³-hybridized carbons (Fsp3) is 0.962. The Hall–Kier alpha value is -0.110. The SMILES string of the molecule is CCCCCCCCCCCCCCCCSC[C@H](COP(=O)(O)OCC[N+](C)(C)C)NC(C)=O. The third kappa shape index (κ3) is 26.8. The van der Waals surface area contributed by atoms with E-state index in [0.717, 1.165) is 12.2 Å². The van der Waals surface area contributed by atoms with Gasteiger partial charge in [0.25, 0.3) is 0 Å². The van der Waals surface area contributed by atoms with E-state index in [-0.39, 0.29) is 25.2 Å². The van der Waals surface area contributed by atoms with Crippen LogP contribution in [-0.2, 0) is 18.4 Å². The molecule has 0 aliphatic heterocycles. The van der Waals surface area contributed by atoms with E-state index in [2.05, 4.69) is 12.2 Å². The first-order valence-corrected chi connectivity index (χ1v) is 16.5. The molecule has 0 fully saturated rings. The zero-order chi connectivity index (χ0) is 26.4. The molecule has 0 aromatic rings. The highest BCUT2D eigenvalue weighted by Crippen LogP contribution is 2.43. The van der Waals surface area contributed by atoms with Crippen LogP contribution < -0.4 is 5.32 Å². The van der Waals surface area contributed by atoms with Crippen LogP contribution in [0.1, 0.15) is 104 Å². The van der Waals surface area contributed by atoms with Crippen molar-refractivity contribution in [3.8, 4) is 0 Å². The molecule has 0 aliphatic carbocycles. The fourth-order valence-corrected chi connectivity index (χ4v) is 5.49. The minimum Gasteiger partial charge on any atom is -0.350 e. The van der Waals surface area contributed by atoms with E-state index in [0.29, 0.717) is 16.8 Å². The largest absolute Gasteiger partial charge is 0.472 e. The van der Waals surface area contributed by atoms with E-state index >= 15 is 0 Å².